The molecule has 1 heterocycles. The van der Waals surface area contributed by atoms with Gasteiger partial charge in [-0.05, 0) is 31.1 Å². The molecule has 1 unspecified atom stereocenters. The van der Waals surface area contributed by atoms with Crippen LogP contribution in [0.4, 0.5) is 0 Å². The van der Waals surface area contributed by atoms with Gasteiger partial charge in [0.2, 0.25) is 0 Å². The van der Waals surface area contributed by atoms with Gasteiger partial charge in [-0.3, -0.25) is 0 Å². The van der Waals surface area contributed by atoms with Gasteiger partial charge in [-0.2, -0.15) is 0 Å². The molecule has 1 atom stereocenters. The van der Waals surface area contributed by atoms with Gasteiger partial charge in [-0.15, -0.1) is 0 Å². The molecule has 1 rings (SSSR count). The lowest BCUT2D eigenvalue weighted by Crippen LogP contribution is -2.55. The molecular weight excluding hydrogens is 297 g/mol. The van der Waals surface area contributed by atoms with E-state index in [1.165, 1.54) is 0 Å². The van der Waals surface area contributed by atoms with Crippen molar-refractivity contribution in [1.82, 2.24) is 4.00 Å². The van der Waals surface area contributed by atoms with Crippen molar-refractivity contribution in [2.24, 2.45) is 0 Å². The van der Waals surface area contributed by atoms with Crippen LogP contribution < -0.4 is 0 Å². The first-order chi connectivity index (χ1) is 8.17. The van der Waals surface area contributed by atoms with Crippen LogP contribution >= 0.6 is 8.07 Å². The van der Waals surface area contributed by atoms with Gasteiger partial charge in [0.25, 0.3) is 0 Å². The molecule has 0 N–H and O–H groups in total. The number of hydrogen-bond acceptors (Lipinski definition) is 1. The average Bonchev–Trinajstić information content (AvgIpc) is 2.30. The largest absolute Gasteiger partial charge is 0.324 e. The third-order valence-corrected chi connectivity index (χ3v) is 25.2. The van der Waals surface area contributed by atoms with Crippen molar-refractivity contribution in [2.45, 2.75) is 83.8 Å². The highest BCUT2D eigenvalue weighted by atomic mass is 31.1. The van der Waals surface area contributed by atoms with E-state index >= 15 is 0 Å². The molecule has 1 aliphatic heterocycles. The Morgan fingerprint density at radius 2 is 1.32 bits per heavy atom. The number of rotatable bonds is 3. The van der Waals surface area contributed by atoms with Crippen LogP contribution in [-0.4, -0.2) is 39.5 Å². The van der Waals surface area contributed by atoms with E-state index in [1.807, 2.05) is 0 Å². The predicted molar refractivity (Wildman–Crippen MR) is 101 cm³/mol. The van der Waals surface area contributed by atoms with Crippen molar-refractivity contribution in [3.05, 3.63) is 0 Å². The molecule has 0 radical (unpaired) electrons. The summed E-state index contributed by atoms with van der Waals surface area (Å²) < 4.78 is 3.22. The van der Waals surface area contributed by atoms with E-state index in [2.05, 4.69) is 70.6 Å². The minimum absolute atomic E-state index is 0.0517. The summed E-state index contributed by atoms with van der Waals surface area (Å²) >= 11 is 0. The average molecular weight is 334 g/mol. The Morgan fingerprint density at radius 1 is 0.947 bits per heavy atom. The number of hydrogen-bond donors (Lipinski definition) is 0. The second-order valence-corrected chi connectivity index (χ2v) is 29.0. The molecule has 1 saturated heterocycles. The third kappa shape index (κ3) is 4.50. The minimum Gasteiger partial charge on any atom is -0.324 e. The van der Waals surface area contributed by atoms with Gasteiger partial charge in [-0.25, -0.2) is 0 Å². The van der Waals surface area contributed by atoms with Crippen LogP contribution in [0.3, 0.4) is 0 Å². The molecule has 1 nitrogen and oxygen atoms in total. The topological polar surface area (TPSA) is 3.24 Å². The van der Waals surface area contributed by atoms with Crippen molar-refractivity contribution in [2.75, 3.05) is 5.79 Å². The molecule has 0 aromatic heterocycles. The summed E-state index contributed by atoms with van der Waals surface area (Å²) in [7, 11) is -3.20. The van der Waals surface area contributed by atoms with Crippen molar-refractivity contribution in [3.8, 4) is 0 Å². The van der Waals surface area contributed by atoms with Crippen molar-refractivity contribution < 1.29 is 0 Å². The predicted octanol–water partition coefficient (Wildman–Crippen LogP) is 5.79. The lowest BCUT2D eigenvalue weighted by molar-refractivity contribution is 0.752. The van der Waals surface area contributed by atoms with Gasteiger partial charge in [0.15, 0.2) is 0 Å². The van der Waals surface area contributed by atoms with Crippen LogP contribution in [-0.2, 0) is 0 Å². The highest BCUT2D eigenvalue weighted by molar-refractivity contribution is 7.64. The molecule has 5 heteroatoms. The smallest absolute Gasteiger partial charge is 0.118 e. The molecule has 19 heavy (non-hydrogen) atoms. The van der Waals surface area contributed by atoms with Crippen LogP contribution in [0, 0.1) is 0 Å². The SMILES string of the molecule is CC(C)(C)P(C[Si](C)(C)C)N1[Si](C)(C)CC[Si]1(C)C. The van der Waals surface area contributed by atoms with E-state index in [0.717, 1.165) is 0 Å². The Labute approximate surface area is 126 Å². The van der Waals surface area contributed by atoms with Gasteiger partial charge in [-0.1, -0.05) is 66.6 Å². The maximum absolute atomic E-state index is 3.22. The fraction of sp³-hybridized carbons (Fsp3) is 1.00. The second-order valence-electron chi connectivity index (χ2n) is 9.73. The van der Waals surface area contributed by atoms with Gasteiger partial charge in [0.1, 0.15) is 16.5 Å². The lowest BCUT2D eigenvalue weighted by atomic mass is 10.3. The molecule has 0 amide bonds. The molecule has 0 aromatic carbocycles. The Kier molecular flexibility index (Phi) is 5.09. The van der Waals surface area contributed by atoms with Crippen LogP contribution in [0.15, 0.2) is 0 Å². The van der Waals surface area contributed by atoms with Gasteiger partial charge >= 0.3 is 0 Å². The van der Waals surface area contributed by atoms with Crippen molar-refractivity contribution in [1.29, 1.82) is 0 Å². The molecule has 0 aliphatic carbocycles. The summed E-state index contributed by atoms with van der Waals surface area (Å²) in [5, 5.41) is 0.495. The second kappa shape index (κ2) is 5.35. The third-order valence-electron chi connectivity index (χ3n) is 4.14. The molecular formula is C14H36NPSi3. The summed E-state index contributed by atoms with van der Waals surface area (Å²) in [5.74, 6) is 1.54. The zero-order valence-corrected chi connectivity index (χ0v) is 18.9. The number of nitrogens with zero attached hydrogens (tertiary/aromatic N) is 1. The molecule has 0 spiro atoms. The zero-order valence-electron chi connectivity index (χ0n) is 15.0. The molecule has 0 bridgehead atoms. The van der Waals surface area contributed by atoms with Gasteiger partial charge in [0, 0.05) is 8.07 Å². The van der Waals surface area contributed by atoms with Crippen molar-refractivity contribution >= 4 is 32.6 Å². The van der Waals surface area contributed by atoms with E-state index in [9.17, 15) is 0 Å². The summed E-state index contributed by atoms with van der Waals surface area (Å²) in [6.45, 7) is 25.8. The summed E-state index contributed by atoms with van der Waals surface area (Å²) in [4.78, 5) is 0. The van der Waals surface area contributed by atoms with Crippen molar-refractivity contribution in [3.63, 3.8) is 0 Å². The highest BCUT2D eigenvalue weighted by Crippen LogP contribution is 2.61. The van der Waals surface area contributed by atoms with Gasteiger partial charge in [0.05, 0.1) is 0 Å². The summed E-state index contributed by atoms with van der Waals surface area (Å²) in [6, 6.07) is 3.10. The molecule has 0 aromatic rings. The fourth-order valence-electron chi connectivity index (χ4n) is 3.35. The first-order valence-corrected chi connectivity index (χ1v) is 19.2. The highest BCUT2D eigenvalue weighted by Gasteiger charge is 2.53. The first kappa shape index (κ1) is 18.1. The van der Waals surface area contributed by atoms with E-state index in [-0.39, 0.29) is 8.07 Å². The van der Waals surface area contributed by atoms with E-state index in [0.29, 0.717) is 5.16 Å². The summed E-state index contributed by atoms with van der Waals surface area (Å²) in [5.41, 5.74) is 0. The maximum Gasteiger partial charge on any atom is 0.118 e. The van der Waals surface area contributed by atoms with Gasteiger partial charge < -0.3 is 4.00 Å². The van der Waals surface area contributed by atoms with E-state index in [4.69, 9.17) is 0 Å². The normalized spacial score (nSPS) is 25.6. The first-order valence-electron chi connectivity index (χ1n) is 7.75. The molecule has 114 valence electrons. The Bertz CT molecular complexity index is 313. The quantitative estimate of drug-likeness (QED) is 0.467. The lowest BCUT2D eigenvalue weighted by Gasteiger charge is -2.52. The van der Waals surface area contributed by atoms with E-state index < -0.39 is 24.5 Å². The zero-order chi connectivity index (χ0) is 15.3. The van der Waals surface area contributed by atoms with Crippen LogP contribution in [0.1, 0.15) is 20.8 Å². The van der Waals surface area contributed by atoms with Crippen LogP contribution in [0.5, 0.6) is 0 Å². The van der Waals surface area contributed by atoms with E-state index in [1.54, 1.807) is 17.9 Å². The maximum atomic E-state index is 3.22. The minimum atomic E-state index is -1.13. The Balaban J connectivity index is 3.17. The Hall–Kier alpha value is 1.04. The fourth-order valence-corrected chi connectivity index (χ4v) is 31.5. The standard InChI is InChI=1S/C14H36NPSi3/c1-14(2,3)16(13-17(4,5)6)15-18(7,8)11-12-19(15,9)10/h11-13H2,1-10H3. The molecule has 1 aliphatic rings. The van der Waals surface area contributed by atoms with Crippen LogP contribution in [0.25, 0.3) is 0 Å². The molecule has 1 fully saturated rings. The summed E-state index contributed by atoms with van der Waals surface area (Å²) in [6.07, 6.45) is 0. The molecule has 0 saturated carbocycles. The van der Waals surface area contributed by atoms with Crippen LogP contribution in [0.2, 0.25) is 57.9 Å². The monoisotopic (exact) mass is 333 g/mol. The Morgan fingerprint density at radius 3 is 1.58 bits per heavy atom.